The average molecular weight is 416 g/mol. The highest BCUT2D eigenvalue weighted by molar-refractivity contribution is 9.10. The van der Waals surface area contributed by atoms with Crippen LogP contribution in [0.1, 0.15) is 12.5 Å². The maximum atomic E-state index is 11.6. The van der Waals surface area contributed by atoms with Crippen LogP contribution in [0.25, 0.3) is 6.08 Å². The quantitative estimate of drug-likeness (QED) is 0.277. The summed E-state index contributed by atoms with van der Waals surface area (Å²) in [5.41, 5.74) is 0.677. The fraction of sp³-hybridized carbons (Fsp3) is 0.200. The molecule has 2 rings (SSSR count). The summed E-state index contributed by atoms with van der Waals surface area (Å²) in [6, 6.07) is 16.5. The van der Waals surface area contributed by atoms with Gasteiger partial charge in [0.15, 0.2) is 0 Å². The van der Waals surface area contributed by atoms with Crippen molar-refractivity contribution < 1.29 is 19.0 Å². The highest BCUT2D eigenvalue weighted by Crippen LogP contribution is 2.17. The van der Waals surface area contributed by atoms with Gasteiger partial charge in [0, 0.05) is 4.47 Å². The molecule has 0 N–H and O–H groups in total. The molecule has 0 atom stereocenters. The normalized spacial score (nSPS) is 10.7. The van der Waals surface area contributed by atoms with E-state index in [4.69, 9.17) is 19.5 Å². The van der Waals surface area contributed by atoms with E-state index in [1.165, 1.54) is 6.08 Å². The van der Waals surface area contributed by atoms with E-state index >= 15 is 0 Å². The summed E-state index contributed by atoms with van der Waals surface area (Å²) in [5, 5.41) is 9.03. The summed E-state index contributed by atoms with van der Waals surface area (Å²) >= 11 is 3.37. The van der Waals surface area contributed by atoms with Crippen molar-refractivity contribution in [1.29, 1.82) is 5.26 Å². The van der Waals surface area contributed by atoms with Gasteiger partial charge in [-0.3, -0.25) is 0 Å². The number of nitriles is 1. The molecule has 2 aromatic carbocycles. The number of rotatable bonds is 8. The summed E-state index contributed by atoms with van der Waals surface area (Å²) in [4.78, 5) is 11.6. The Kier molecular flexibility index (Phi) is 7.72. The highest BCUT2D eigenvalue weighted by atomic mass is 79.9. The van der Waals surface area contributed by atoms with Crippen molar-refractivity contribution >= 4 is 28.0 Å². The first-order chi connectivity index (χ1) is 12.6. The third-order valence-electron chi connectivity index (χ3n) is 3.24. The first-order valence-electron chi connectivity index (χ1n) is 8.02. The second kappa shape index (κ2) is 10.3. The molecule has 0 unspecified atom stereocenters. The van der Waals surface area contributed by atoms with Crippen molar-refractivity contribution in [2.45, 2.75) is 6.92 Å². The summed E-state index contributed by atoms with van der Waals surface area (Å²) in [6.45, 7) is 2.74. The second-order valence-corrected chi connectivity index (χ2v) is 6.03. The molecule has 0 aliphatic carbocycles. The molecule has 2 aromatic rings. The molecule has 0 fully saturated rings. The van der Waals surface area contributed by atoms with E-state index in [0.717, 1.165) is 10.2 Å². The Hall–Kier alpha value is -2.78. The molecule has 26 heavy (non-hydrogen) atoms. The number of carbonyl (C=O) groups is 1. The zero-order chi connectivity index (χ0) is 18.8. The SMILES string of the molecule is CCOC(=O)/C(C#N)=C/c1ccc(OCCOc2ccc(Br)cc2)cc1. The number of benzene rings is 2. The topological polar surface area (TPSA) is 68.6 Å². The summed E-state index contributed by atoms with van der Waals surface area (Å²) in [7, 11) is 0. The Bertz CT molecular complexity index is 792. The lowest BCUT2D eigenvalue weighted by Crippen LogP contribution is -2.08. The molecule has 0 amide bonds. The van der Waals surface area contributed by atoms with Crippen molar-refractivity contribution in [3.8, 4) is 17.6 Å². The average Bonchev–Trinajstić information content (AvgIpc) is 2.66. The molecule has 5 nitrogen and oxygen atoms in total. The van der Waals surface area contributed by atoms with Crippen LogP contribution in [0.2, 0.25) is 0 Å². The van der Waals surface area contributed by atoms with Crippen LogP contribution in [-0.4, -0.2) is 25.8 Å². The summed E-state index contributed by atoms with van der Waals surface area (Å²) in [6.07, 6.45) is 1.48. The van der Waals surface area contributed by atoms with Crippen LogP contribution in [0.5, 0.6) is 11.5 Å². The summed E-state index contributed by atoms with van der Waals surface area (Å²) < 4.78 is 17.0. The first-order valence-corrected chi connectivity index (χ1v) is 8.82. The standard InChI is InChI=1S/C20H18BrNO4/c1-2-24-20(23)16(14-22)13-15-3-7-18(8-4-15)25-11-12-26-19-9-5-17(21)6-10-19/h3-10,13H,2,11-12H2,1H3/b16-13+. The van der Waals surface area contributed by atoms with E-state index in [1.54, 1.807) is 31.2 Å². The number of nitrogens with zero attached hydrogens (tertiary/aromatic N) is 1. The predicted molar refractivity (Wildman–Crippen MR) is 102 cm³/mol. The Labute approximate surface area is 160 Å². The highest BCUT2D eigenvalue weighted by Gasteiger charge is 2.09. The largest absolute Gasteiger partial charge is 0.490 e. The van der Waals surface area contributed by atoms with Crippen LogP contribution >= 0.6 is 15.9 Å². The molecule has 0 saturated carbocycles. The monoisotopic (exact) mass is 415 g/mol. The van der Waals surface area contributed by atoms with Crippen molar-refractivity contribution in [2.75, 3.05) is 19.8 Å². The molecular weight excluding hydrogens is 398 g/mol. The Balaban J connectivity index is 1.84. The lowest BCUT2D eigenvalue weighted by Gasteiger charge is -2.08. The van der Waals surface area contributed by atoms with Crippen molar-refractivity contribution in [3.63, 3.8) is 0 Å². The zero-order valence-electron chi connectivity index (χ0n) is 14.3. The Morgan fingerprint density at radius 3 is 2.08 bits per heavy atom. The molecule has 0 heterocycles. The van der Waals surface area contributed by atoms with Gasteiger partial charge in [0.25, 0.3) is 0 Å². The minimum absolute atomic E-state index is 0.0385. The number of esters is 1. The van der Waals surface area contributed by atoms with Crippen molar-refractivity contribution in [2.24, 2.45) is 0 Å². The van der Waals surface area contributed by atoms with E-state index in [0.29, 0.717) is 24.5 Å². The van der Waals surface area contributed by atoms with E-state index in [2.05, 4.69) is 15.9 Å². The van der Waals surface area contributed by atoms with Gasteiger partial charge < -0.3 is 14.2 Å². The number of hydrogen-bond donors (Lipinski definition) is 0. The van der Waals surface area contributed by atoms with Crippen LogP contribution in [0.3, 0.4) is 0 Å². The van der Waals surface area contributed by atoms with Gasteiger partial charge in [-0.25, -0.2) is 4.79 Å². The number of ether oxygens (including phenoxy) is 3. The first kappa shape index (κ1) is 19.5. The van der Waals surface area contributed by atoms with E-state index < -0.39 is 5.97 Å². The maximum absolute atomic E-state index is 11.6. The third kappa shape index (κ3) is 6.26. The fourth-order valence-electron chi connectivity index (χ4n) is 2.02. The zero-order valence-corrected chi connectivity index (χ0v) is 15.9. The third-order valence-corrected chi connectivity index (χ3v) is 3.77. The van der Waals surface area contributed by atoms with Crippen LogP contribution in [0.4, 0.5) is 0 Å². The molecule has 0 bridgehead atoms. The number of halogens is 1. The molecule has 0 spiro atoms. The van der Waals surface area contributed by atoms with E-state index in [9.17, 15) is 4.79 Å². The Morgan fingerprint density at radius 2 is 1.58 bits per heavy atom. The fourth-order valence-corrected chi connectivity index (χ4v) is 2.29. The molecule has 6 heteroatoms. The van der Waals surface area contributed by atoms with Crippen LogP contribution in [0.15, 0.2) is 58.6 Å². The maximum Gasteiger partial charge on any atom is 0.348 e. The van der Waals surface area contributed by atoms with Crippen LogP contribution in [-0.2, 0) is 9.53 Å². The number of hydrogen-bond acceptors (Lipinski definition) is 5. The molecular formula is C20H18BrNO4. The van der Waals surface area contributed by atoms with Gasteiger partial charge in [-0.1, -0.05) is 28.1 Å². The number of carbonyl (C=O) groups excluding carboxylic acids is 1. The van der Waals surface area contributed by atoms with Gasteiger partial charge in [-0.2, -0.15) is 5.26 Å². The molecule has 0 radical (unpaired) electrons. The van der Waals surface area contributed by atoms with Crippen molar-refractivity contribution in [1.82, 2.24) is 0 Å². The smallest absolute Gasteiger partial charge is 0.348 e. The van der Waals surface area contributed by atoms with Gasteiger partial charge >= 0.3 is 5.97 Å². The van der Waals surface area contributed by atoms with Gasteiger partial charge in [0.05, 0.1) is 6.61 Å². The van der Waals surface area contributed by atoms with Gasteiger partial charge in [-0.15, -0.1) is 0 Å². The second-order valence-electron chi connectivity index (χ2n) is 5.11. The van der Waals surface area contributed by atoms with Crippen LogP contribution in [0, 0.1) is 11.3 Å². The van der Waals surface area contributed by atoms with Gasteiger partial charge in [0.1, 0.15) is 36.4 Å². The van der Waals surface area contributed by atoms with Gasteiger partial charge in [0.2, 0.25) is 0 Å². The minimum Gasteiger partial charge on any atom is -0.490 e. The van der Waals surface area contributed by atoms with E-state index in [1.807, 2.05) is 30.3 Å². The molecule has 0 saturated heterocycles. The molecule has 0 aliphatic heterocycles. The predicted octanol–water partition coefficient (Wildman–Crippen LogP) is 4.38. The van der Waals surface area contributed by atoms with Gasteiger partial charge in [-0.05, 0) is 55.0 Å². The lowest BCUT2D eigenvalue weighted by molar-refractivity contribution is -0.137. The van der Waals surface area contributed by atoms with Crippen LogP contribution < -0.4 is 9.47 Å². The molecule has 134 valence electrons. The minimum atomic E-state index is -0.625. The Morgan fingerprint density at radius 1 is 1.04 bits per heavy atom. The lowest BCUT2D eigenvalue weighted by atomic mass is 10.1. The molecule has 0 aromatic heterocycles. The molecule has 0 aliphatic rings. The summed E-state index contributed by atoms with van der Waals surface area (Å²) in [5.74, 6) is 0.830. The van der Waals surface area contributed by atoms with E-state index in [-0.39, 0.29) is 12.2 Å². The van der Waals surface area contributed by atoms with Crippen molar-refractivity contribution in [3.05, 3.63) is 64.1 Å².